The summed E-state index contributed by atoms with van der Waals surface area (Å²) in [6.45, 7) is 4.23. The van der Waals surface area contributed by atoms with Gasteiger partial charge in [-0.15, -0.1) is 0 Å². The van der Waals surface area contributed by atoms with Gasteiger partial charge in [-0.2, -0.15) is 0 Å². The van der Waals surface area contributed by atoms with Crippen LogP contribution >= 0.6 is 0 Å². The van der Waals surface area contributed by atoms with Crippen molar-refractivity contribution in [3.8, 4) is 0 Å². The van der Waals surface area contributed by atoms with Gasteiger partial charge in [0.25, 0.3) is 0 Å². The molecule has 0 aliphatic carbocycles. The topological polar surface area (TPSA) is 58.6 Å². The van der Waals surface area contributed by atoms with Gasteiger partial charge in [-0.3, -0.25) is 4.90 Å². The maximum Gasteiger partial charge on any atom is 0.240 e. The summed E-state index contributed by atoms with van der Waals surface area (Å²) in [5.41, 5.74) is 1.12. The lowest BCUT2D eigenvalue weighted by Gasteiger charge is -2.26. The van der Waals surface area contributed by atoms with Crippen LogP contribution in [0.3, 0.4) is 0 Å². The summed E-state index contributed by atoms with van der Waals surface area (Å²) < 4.78 is 30.7. The fraction of sp³-hybridized carbons (Fsp3) is 0.500. The van der Waals surface area contributed by atoms with Gasteiger partial charge >= 0.3 is 0 Å². The monoisotopic (exact) mass is 270 g/mol. The van der Waals surface area contributed by atoms with E-state index in [-0.39, 0.29) is 0 Å². The van der Waals surface area contributed by atoms with E-state index in [0.717, 1.165) is 38.4 Å². The summed E-state index contributed by atoms with van der Waals surface area (Å²) in [5.74, 6) is 0. The zero-order chi connectivity index (χ0) is 13.0. The number of morpholine rings is 1. The molecule has 18 heavy (non-hydrogen) atoms. The second-order valence-corrected chi connectivity index (χ2v) is 6.13. The van der Waals surface area contributed by atoms with Gasteiger partial charge in [0, 0.05) is 19.6 Å². The first-order chi connectivity index (χ1) is 8.62. The summed E-state index contributed by atoms with van der Waals surface area (Å²) >= 11 is 0. The van der Waals surface area contributed by atoms with Gasteiger partial charge in [0.1, 0.15) is 0 Å². The largest absolute Gasteiger partial charge is 0.379 e. The van der Waals surface area contributed by atoms with E-state index in [0.29, 0.717) is 4.90 Å². The van der Waals surface area contributed by atoms with Crippen molar-refractivity contribution in [1.29, 1.82) is 0 Å². The van der Waals surface area contributed by atoms with E-state index in [4.69, 9.17) is 4.74 Å². The van der Waals surface area contributed by atoms with E-state index < -0.39 is 10.0 Å². The Morgan fingerprint density at radius 1 is 1.22 bits per heavy atom. The van der Waals surface area contributed by atoms with Crippen LogP contribution < -0.4 is 4.72 Å². The fourth-order valence-corrected chi connectivity index (χ4v) is 2.64. The number of hydrogen-bond acceptors (Lipinski definition) is 4. The van der Waals surface area contributed by atoms with Crippen molar-refractivity contribution in [3.05, 3.63) is 29.8 Å². The van der Waals surface area contributed by atoms with Crippen LogP contribution in [0, 0.1) is 0 Å². The Bertz CT molecular complexity index is 479. The molecule has 0 spiro atoms. The van der Waals surface area contributed by atoms with Crippen molar-refractivity contribution < 1.29 is 13.2 Å². The third kappa shape index (κ3) is 3.29. The third-order valence-electron chi connectivity index (χ3n) is 3.01. The Kier molecular flexibility index (Phi) is 4.34. The lowest BCUT2D eigenvalue weighted by molar-refractivity contribution is 0.0342. The Balaban J connectivity index is 2.03. The van der Waals surface area contributed by atoms with Gasteiger partial charge in [-0.1, -0.05) is 12.1 Å². The van der Waals surface area contributed by atoms with Crippen LogP contribution in [-0.2, 0) is 21.3 Å². The molecule has 1 N–H and O–H groups in total. The van der Waals surface area contributed by atoms with Gasteiger partial charge in [-0.25, -0.2) is 13.1 Å². The van der Waals surface area contributed by atoms with Crippen molar-refractivity contribution >= 4 is 10.0 Å². The molecule has 1 aromatic carbocycles. The predicted octanol–water partition coefficient (Wildman–Crippen LogP) is 0.427. The second-order valence-electron chi connectivity index (χ2n) is 4.24. The summed E-state index contributed by atoms with van der Waals surface area (Å²) in [6.07, 6.45) is 0. The van der Waals surface area contributed by atoms with Gasteiger partial charge in [-0.05, 0) is 24.7 Å². The van der Waals surface area contributed by atoms with Gasteiger partial charge < -0.3 is 4.74 Å². The standard InChI is InChI=1S/C12H18N2O3S/c1-13-18(15,16)12-4-2-11(3-5-12)10-14-6-8-17-9-7-14/h2-5,13H,6-10H2,1H3. The number of sulfonamides is 1. The highest BCUT2D eigenvalue weighted by molar-refractivity contribution is 7.89. The molecular weight excluding hydrogens is 252 g/mol. The van der Waals surface area contributed by atoms with E-state index >= 15 is 0 Å². The number of hydrogen-bond donors (Lipinski definition) is 1. The molecule has 1 fully saturated rings. The number of ether oxygens (including phenoxy) is 1. The Morgan fingerprint density at radius 3 is 2.39 bits per heavy atom. The van der Waals surface area contributed by atoms with Crippen molar-refractivity contribution in [2.24, 2.45) is 0 Å². The molecule has 0 amide bonds. The Labute approximate surface area is 108 Å². The van der Waals surface area contributed by atoms with Gasteiger partial charge in [0.15, 0.2) is 0 Å². The average Bonchev–Trinajstić information content (AvgIpc) is 2.40. The van der Waals surface area contributed by atoms with Crippen LogP contribution in [0.1, 0.15) is 5.56 Å². The molecule has 1 aliphatic rings. The average molecular weight is 270 g/mol. The van der Waals surface area contributed by atoms with Crippen LogP contribution in [0.15, 0.2) is 29.2 Å². The number of benzene rings is 1. The lowest BCUT2D eigenvalue weighted by Crippen LogP contribution is -2.35. The summed E-state index contributed by atoms with van der Waals surface area (Å²) in [4.78, 5) is 2.60. The summed E-state index contributed by atoms with van der Waals surface area (Å²) in [7, 11) is -1.92. The SMILES string of the molecule is CNS(=O)(=O)c1ccc(CN2CCOCC2)cc1. The molecule has 0 saturated carbocycles. The third-order valence-corrected chi connectivity index (χ3v) is 4.44. The van der Waals surface area contributed by atoms with Gasteiger partial charge in [0.2, 0.25) is 10.0 Å². The van der Waals surface area contributed by atoms with Crippen LogP contribution in [0.25, 0.3) is 0 Å². The molecular formula is C12H18N2O3S. The van der Waals surface area contributed by atoms with Crippen LogP contribution in [0.4, 0.5) is 0 Å². The molecule has 0 atom stereocenters. The van der Waals surface area contributed by atoms with E-state index in [1.807, 2.05) is 12.1 Å². The van der Waals surface area contributed by atoms with E-state index in [1.54, 1.807) is 12.1 Å². The maximum atomic E-state index is 11.6. The molecule has 100 valence electrons. The number of nitrogens with one attached hydrogen (secondary N) is 1. The van der Waals surface area contributed by atoms with Crippen LogP contribution in [0.5, 0.6) is 0 Å². The second kappa shape index (κ2) is 5.79. The highest BCUT2D eigenvalue weighted by Gasteiger charge is 2.13. The van der Waals surface area contributed by atoms with E-state index in [1.165, 1.54) is 7.05 Å². The highest BCUT2D eigenvalue weighted by atomic mass is 32.2. The van der Waals surface area contributed by atoms with Crippen molar-refractivity contribution in [2.75, 3.05) is 33.4 Å². The molecule has 1 aromatic rings. The normalized spacial score (nSPS) is 17.8. The summed E-state index contributed by atoms with van der Waals surface area (Å²) in [5, 5.41) is 0. The quantitative estimate of drug-likeness (QED) is 0.862. The molecule has 0 radical (unpaired) electrons. The van der Waals surface area contributed by atoms with E-state index in [9.17, 15) is 8.42 Å². The molecule has 0 bridgehead atoms. The Hall–Kier alpha value is -0.950. The van der Waals surface area contributed by atoms with Crippen LogP contribution in [0.2, 0.25) is 0 Å². The molecule has 1 aliphatic heterocycles. The lowest BCUT2D eigenvalue weighted by atomic mass is 10.2. The first kappa shape index (κ1) is 13.5. The van der Waals surface area contributed by atoms with Gasteiger partial charge in [0.05, 0.1) is 18.1 Å². The zero-order valence-corrected chi connectivity index (χ0v) is 11.2. The summed E-state index contributed by atoms with van der Waals surface area (Å²) in [6, 6.07) is 7.00. The molecule has 0 aromatic heterocycles. The number of rotatable bonds is 4. The van der Waals surface area contributed by atoms with Crippen molar-refractivity contribution in [2.45, 2.75) is 11.4 Å². The molecule has 5 nitrogen and oxygen atoms in total. The predicted molar refractivity (Wildman–Crippen MR) is 68.8 cm³/mol. The molecule has 2 rings (SSSR count). The minimum absolute atomic E-state index is 0.302. The maximum absolute atomic E-state index is 11.6. The Morgan fingerprint density at radius 2 is 1.83 bits per heavy atom. The first-order valence-electron chi connectivity index (χ1n) is 5.94. The first-order valence-corrected chi connectivity index (χ1v) is 7.43. The van der Waals surface area contributed by atoms with Crippen LogP contribution in [-0.4, -0.2) is 46.7 Å². The number of nitrogens with zero attached hydrogens (tertiary/aromatic N) is 1. The smallest absolute Gasteiger partial charge is 0.240 e. The molecule has 1 saturated heterocycles. The minimum atomic E-state index is -3.33. The minimum Gasteiger partial charge on any atom is -0.379 e. The molecule has 6 heteroatoms. The van der Waals surface area contributed by atoms with Crippen molar-refractivity contribution in [3.63, 3.8) is 0 Å². The van der Waals surface area contributed by atoms with E-state index in [2.05, 4.69) is 9.62 Å². The molecule has 1 heterocycles. The fourth-order valence-electron chi connectivity index (χ4n) is 1.91. The zero-order valence-electron chi connectivity index (χ0n) is 10.4. The molecule has 0 unspecified atom stereocenters. The van der Waals surface area contributed by atoms with Crippen molar-refractivity contribution in [1.82, 2.24) is 9.62 Å². The highest BCUT2D eigenvalue weighted by Crippen LogP contribution is 2.12.